The summed E-state index contributed by atoms with van der Waals surface area (Å²) in [5, 5.41) is 0. The molecule has 0 radical (unpaired) electrons. The van der Waals surface area contributed by atoms with Crippen LogP contribution in [0.3, 0.4) is 0 Å². The third kappa shape index (κ3) is 3.39. The lowest BCUT2D eigenvalue weighted by atomic mass is 10.1. The van der Waals surface area contributed by atoms with Crippen LogP contribution in [0.15, 0.2) is 28.7 Å². The summed E-state index contributed by atoms with van der Waals surface area (Å²) in [6.07, 6.45) is 0. The summed E-state index contributed by atoms with van der Waals surface area (Å²) in [7, 11) is 0. The number of benzene rings is 1. The molecule has 0 aliphatic carbocycles. The van der Waals surface area contributed by atoms with E-state index in [0.29, 0.717) is 4.34 Å². The Morgan fingerprint density at radius 3 is 2.47 bits per heavy atom. The van der Waals surface area contributed by atoms with Gasteiger partial charge in [0.15, 0.2) is 0 Å². The lowest BCUT2D eigenvalue weighted by molar-refractivity contribution is 1.17. The molecule has 2 aromatic rings. The zero-order chi connectivity index (χ0) is 12.6. The standard InChI is InChI=1S/C11H5Br2Cl2IS/c12-5-1-2-8(16)6(3-5)10(13)7-4-9(14)17-11(7)15/h1-4,10H. The molecular formula is C11H5Br2Cl2IS. The number of halogens is 5. The molecule has 0 aliphatic heterocycles. The van der Waals surface area contributed by atoms with Crippen LogP contribution in [0.25, 0.3) is 0 Å². The maximum atomic E-state index is 6.17. The Labute approximate surface area is 144 Å². The first-order valence-corrected chi connectivity index (χ1v) is 8.88. The molecule has 0 spiro atoms. The van der Waals surface area contributed by atoms with E-state index in [1.165, 1.54) is 20.5 Å². The first kappa shape index (κ1) is 14.6. The molecule has 17 heavy (non-hydrogen) atoms. The third-order valence-corrected chi connectivity index (χ3v) is 6.17. The molecule has 1 aromatic heterocycles. The fraction of sp³-hybridized carbons (Fsp3) is 0.0909. The number of hydrogen-bond acceptors (Lipinski definition) is 1. The van der Waals surface area contributed by atoms with E-state index >= 15 is 0 Å². The summed E-state index contributed by atoms with van der Waals surface area (Å²) in [6, 6.07) is 8.08. The minimum atomic E-state index is 0.0585. The van der Waals surface area contributed by atoms with Crippen LogP contribution < -0.4 is 0 Å². The molecule has 0 aliphatic rings. The molecule has 0 nitrogen and oxygen atoms in total. The Morgan fingerprint density at radius 1 is 1.18 bits per heavy atom. The predicted octanol–water partition coefficient (Wildman–Crippen LogP) is 6.91. The molecular weight excluding hydrogens is 522 g/mol. The van der Waals surface area contributed by atoms with E-state index < -0.39 is 0 Å². The van der Waals surface area contributed by atoms with Crippen LogP contribution in [0.1, 0.15) is 16.0 Å². The molecule has 0 N–H and O–H groups in total. The fourth-order valence-electron chi connectivity index (χ4n) is 1.40. The van der Waals surface area contributed by atoms with Gasteiger partial charge < -0.3 is 0 Å². The first-order valence-electron chi connectivity index (χ1n) is 4.53. The molecule has 1 heterocycles. The summed E-state index contributed by atoms with van der Waals surface area (Å²) in [5.41, 5.74) is 2.19. The maximum absolute atomic E-state index is 6.17. The van der Waals surface area contributed by atoms with Gasteiger partial charge in [-0.1, -0.05) is 55.1 Å². The van der Waals surface area contributed by atoms with Gasteiger partial charge in [-0.05, 0) is 52.4 Å². The second-order valence-electron chi connectivity index (χ2n) is 3.31. The van der Waals surface area contributed by atoms with Crippen molar-refractivity contribution < 1.29 is 0 Å². The Hall–Kier alpha value is 1.19. The SMILES string of the molecule is Clc1cc(C(Br)c2cc(Br)ccc2I)c(Cl)s1. The van der Waals surface area contributed by atoms with Crippen LogP contribution in [0, 0.1) is 3.57 Å². The maximum Gasteiger partial charge on any atom is 0.0990 e. The highest BCUT2D eigenvalue weighted by atomic mass is 127. The van der Waals surface area contributed by atoms with Crippen molar-refractivity contribution >= 4 is 89.0 Å². The van der Waals surface area contributed by atoms with E-state index in [4.69, 9.17) is 23.2 Å². The van der Waals surface area contributed by atoms with Crippen molar-refractivity contribution in [1.29, 1.82) is 0 Å². The number of hydrogen-bond donors (Lipinski definition) is 0. The number of thiophene rings is 1. The lowest BCUT2D eigenvalue weighted by Crippen LogP contribution is -1.94. The van der Waals surface area contributed by atoms with Crippen molar-refractivity contribution in [2.75, 3.05) is 0 Å². The highest BCUT2D eigenvalue weighted by Gasteiger charge is 2.19. The largest absolute Gasteiger partial charge is 0.111 e. The van der Waals surface area contributed by atoms with Crippen molar-refractivity contribution in [3.05, 3.63) is 52.1 Å². The average molecular weight is 527 g/mol. The van der Waals surface area contributed by atoms with E-state index in [1.54, 1.807) is 0 Å². The van der Waals surface area contributed by atoms with Gasteiger partial charge in [-0.15, -0.1) is 11.3 Å². The van der Waals surface area contributed by atoms with Crippen LogP contribution in [-0.2, 0) is 0 Å². The normalized spacial score (nSPS) is 12.8. The molecule has 0 bridgehead atoms. The second-order valence-corrected chi connectivity index (χ2v) is 8.59. The van der Waals surface area contributed by atoms with Gasteiger partial charge in [0, 0.05) is 13.6 Å². The van der Waals surface area contributed by atoms with E-state index in [9.17, 15) is 0 Å². The van der Waals surface area contributed by atoms with Crippen LogP contribution in [0.4, 0.5) is 0 Å². The Balaban J connectivity index is 2.46. The molecule has 90 valence electrons. The molecule has 0 saturated heterocycles. The van der Waals surface area contributed by atoms with Crippen LogP contribution in [0.2, 0.25) is 8.67 Å². The molecule has 0 amide bonds. The minimum Gasteiger partial charge on any atom is -0.111 e. The molecule has 1 aromatic carbocycles. The molecule has 0 saturated carbocycles. The lowest BCUT2D eigenvalue weighted by Gasteiger charge is -2.12. The summed E-state index contributed by atoms with van der Waals surface area (Å²) in [6.45, 7) is 0. The van der Waals surface area contributed by atoms with Gasteiger partial charge >= 0.3 is 0 Å². The van der Waals surface area contributed by atoms with Crippen molar-refractivity contribution in [1.82, 2.24) is 0 Å². The van der Waals surface area contributed by atoms with Crippen molar-refractivity contribution in [2.45, 2.75) is 4.83 Å². The van der Waals surface area contributed by atoms with Gasteiger partial charge in [0.05, 0.1) is 13.5 Å². The summed E-state index contributed by atoms with van der Waals surface area (Å²) < 4.78 is 3.67. The van der Waals surface area contributed by atoms with Gasteiger partial charge in [0.2, 0.25) is 0 Å². The quantitative estimate of drug-likeness (QED) is 0.295. The highest BCUT2D eigenvalue weighted by Crippen LogP contribution is 2.43. The smallest absolute Gasteiger partial charge is 0.0990 e. The van der Waals surface area contributed by atoms with Crippen LogP contribution >= 0.6 is 89.0 Å². The number of rotatable bonds is 2. The van der Waals surface area contributed by atoms with Crippen molar-refractivity contribution in [3.8, 4) is 0 Å². The van der Waals surface area contributed by atoms with Crippen LogP contribution in [-0.4, -0.2) is 0 Å². The van der Waals surface area contributed by atoms with Gasteiger partial charge in [0.1, 0.15) is 0 Å². The van der Waals surface area contributed by atoms with Crippen molar-refractivity contribution in [3.63, 3.8) is 0 Å². The van der Waals surface area contributed by atoms with Gasteiger partial charge in [0.25, 0.3) is 0 Å². The van der Waals surface area contributed by atoms with Crippen molar-refractivity contribution in [2.24, 2.45) is 0 Å². The summed E-state index contributed by atoms with van der Waals surface area (Å²) in [5.74, 6) is 0. The first-order chi connectivity index (χ1) is 7.99. The number of alkyl halides is 1. The van der Waals surface area contributed by atoms with E-state index in [2.05, 4.69) is 66.6 Å². The second kappa shape index (κ2) is 6.09. The molecule has 2 rings (SSSR count). The minimum absolute atomic E-state index is 0.0585. The monoisotopic (exact) mass is 524 g/mol. The van der Waals surface area contributed by atoms with E-state index in [-0.39, 0.29) is 4.83 Å². The Kier molecular flexibility index (Phi) is 5.23. The van der Waals surface area contributed by atoms with E-state index in [1.807, 2.05) is 12.1 Å². The highest BCUT2D eigenvalue weighted by molar-refractivity contribution is 14.1. The Bertz CT molecular complexity index is 556. The summed E-state index contributed by atoms with van der Waals surface area (Å²) in [4.78, 5) is 0.0585. The van der Waals surface area contributed by atoms with Gasteiger partial charge in [-0.25, -0.2) is 0 Å². The Morgan fingerprint density at radius 2 is 1.88 bits per heavy atom. The van der Waals surface area contributed by atoms with Crippen LogP contribution in [0.5, 0.6) is 0 Å². The molecule has 1 unspecified atom stereocenters. The predicted molar refractivity (Wildman–Crippen MR) is 92.0 cm³/mol. The van der Waals surface area contributed by atoms with Gasteiger partial charge in [-0.2, -0.15) is 0 Å². The summed E-state index contributed by atoms with van der Waals surface area (Å²) >= 11 is 23.0. The zero-order valence-electron chi connectivity index (χ0n) is 8.18. The topological polar surface area (TPSA) is 0 Å². The molecule has 1 atom stereocenters. The van der Waals surface area contributed by atoms with E-state index in [0.717, 1.165) is 14.4 Å². The fourth-order valence-corrected chi connectivity index (χ4v) is 5.41. The van der Waals surface area contributed by atoms with Gasteiger partial charge in [-0.3, -0.25) is 0 Å². The molecule has 0 fully saturated rings. The average Bonchev–Trinajstić information content (AvgIpc) is 2.60. The third-order valence-electron chi connectivity index (χ3n) is 2.19. The molecule has 6 heteroatoms. The zero-order valence-corrected chi connectivity index (χ0v) is 15.8.